The van der Waals surface area contributed by atoms with Gasteiger partial charge in [0.15, 0.2) is 0 Å². The molecule has 1 aliphatic rings. The Balaban J connectivity index is 2.15. The van der Waals surface area contributed by atoms with Crippen LogP contribution in [-0.2, 0) is 5.33 Å². The van der Waals surface area contributed by atoms with E-state index in [9.17, 15) is 0 Å². The predicted molar refractivity (Wildman–Crippen MR) is 78.4 cm³/mol. The van der Waals surface area contributed by atoms with Gasteiger partial charge in [0.2, 0.25) is 0 Å². The first-order chi connectivity index (χ1) is 8.26. The topological polar surface area (TPSA) is 6.48 Å². The highest BCUT2D eigenvalue weighted by Crippen LogP contribution is 2.30. The Labute approximate surface area is 117 Å². The Morgan fingerprint density at radius 2 is 1.94 bits per heavy atom. The van der Waals surface area contributed by atoms with Crippen LogP contribution in [-0.4, -0.2) is 37.6 Å². The summed E-state index contributed by atoms with van der Waals surface area (Å²) < 4.78 is 0. The Morgan fingerprint density at radius 3 is 2.53 bits per heavy atom. The van der Waals surface area contributed by atoms with Crippen molar-refractivity contribution in [3.63, 3.8) is 0 Å². The zero-order chi connectivity index (χ0) is 12.3. The molecule has 4 heteroatoms. The molecule has 1 aliphatic heterocycles. The summed E-state index contributed by atoms with van der Waals surface area (Å²) in [6.07, 6.45) is 0. The molecular formula is C13H18BrClN2. The van der Waals surface area contributed by atoms with Gasteiger partial charge < -0.3 is 9.80 Å². The monoisotopic (exact) mass is 316 g/mol. The first-order valence-corrected chi connectivity index (χ1v) is 7.57. The number of benzene rings is 1. The lowest BCUT2D eigenvalue weighted by atomic mass is 10.1. The molecule has 17 heavy (non-hydrogen) atoms. The van der Waals surface area contributed by atoms with Crippen molar-refractivity contribution in [2.24, 2.45) is 0 Å². The van der Waals surface area contributed by atoms with E-state index in [1.165, 1.54) is 11.3 Å². The Bertz CT molecular complexity index is 376. The van der Waals surface area contributed by atoms with Crippen LogP contribution >= 0.6 is 27.5 Å². The third-order valence-electron chi connectivity index (χ3n) is 3.39. The van der Waals surface area contributed by atoms with Crippen LogP contribution in [0.5, 0.6) is 0 Å². The first-order valence-electron chi connectivity index (χ1n) is 6.07. The Kier molecular flexibility index (Phi) is 4.71. The van der Waals surface area contributed by atoms with Crippen molar-refractivity contribution in [3.8, 4) is 0 Å². The number of piperazine rings is 1. The normalized spacial score (nSPS) is 17.5. The summed E-state index contributed by atoms with van der Waals surface area (Å²) in [6, 6.07) is 6.17. The number of likely N-dealkylation sites (N-methyl/N-ethyl adjacent to an activating group) is 1. The van der Waals surface area contributed by atoms with E-state index in [4.69, 9.17) is 11.6 Å². The summed E-state index contributed by atoms with van der Waals surface area (Å²) >= 11 is 9.77. The van der Waals surface area contributed by atoms with E-state index in [1.54, 1.807) is 0 Å². The van der Waals surface area contributed by atoms with Gasteiger partial charge in [-0.2, -0.15) is 0 Å². The third-order valence-corrected chi connectivity index (χ3v) is 4.30. The summed E-state index contributed by atoms with van der Waals surface area (Å²) in [4.78, 5) is 4.92. The molecule has 1 aromatic carbocycles. The molecule has 1 heterocycles. The molecule has 0 N–H and O–H groups in total. The molecule has 0 radical (unpaired) electrons. The van der Waals surface area contributed by atoms with Crippen molar-refractivity contribution in [3.05, 3.63) is 28.8 Å². The summed E-state index contributed by atoms with van der Waals surface area (Å²) in [7, 11) is 0. The van der Waals surface area contributed by atoms with E-state index >= 15 is 0 Å². The van der Waals surface area contributed by atoms with Gasteiger partial charge in [-0.1, -0.05) is 40.5 Å². The van der Waals surface area contributed by atoms with Crippen molar-refractivity contribution in [1.29, 1.82) is 0 Å². The first kappa shape index (κ1) is 13.2. The fourth-order valence-electron chi connectivity index (χ4n) is 2.28. The van der Waals surface area contributed by atoms with Gasteiger partial charge >= 0.3 is 0 Å². The zero-order valence-corrected chi connectivity index (χ0v) is 12.5. The van der Waals surface area contributed by atoms with Crippen LogP contribution in [0.4, 0.5) is 5.69 Å². The lowest BCUT2D eigenvalue weighted by Gasteiger charge is -2.36. The van der Waals surface area contributed by atoms with E-state index in [0.717, 1.165) is 43.1 Å². The molecule has 0 saturated carbocycles. The second-order valence-electron chi connectivity index (χ2n) is 4.29. The van der Waals surface area contributed by atoms with Crippen LogP contribution in [0.1, 0.15) is 12.5 Å². The number of hydrogen-bond acceptors (Lipinski definition) is 2. The van der Waals surface area contributed by atoms with Crippen LogP contribution in [0.2, 0.25) is 5.02 Å². The molecule has 0 atom stereocenters. The maximum Gasteiger partial charge on any atom is 0.0467 e. The van der Waals surface area contributed by atoms with Crippen molar-refractivity contribution >= 4 is 33.2 Å². The predicted octanol–water partition coefficient (Wildman–Crippen LogP) is 3.38. The highest BCUT2D eigenvalue weighted by atomic mass is 79.9. The number of nitrogens with zero attached hydrogens (tertiary/aromatic N) is 2. The summed E-state index contributed by atoms with van der Waals surface area (Å²) in [5, 5.41) is 1.67. The van der Waals surface area contributed by atoms with Gasteiger partial charge in [-0.05, 0) is 18.7 Å². The molecule has 0 aliphatic carbocycles. The van der Waals surface area contributed by atoms with Crippen LogP contribution in [0.15, 0.2) is 18.2 Å². The maximum atomic E-state index is 6.24. The lowest BCUT2D eigenvalue weighted by molar-refractivity contribution is 0.271. The average molecular weight is 318 g/mol. The molecule has 1 saturated heterocycles. The minimum atomic E-state index is 0.815. The van der Waals surface area contributed by atoms with Crippen molar-refractivity contribution in [2.45, 2.75) is 12.3 Å². The van der Waals surface area contributed by atoms with Gasteiger partial charge in [0, 0.05) is 47.8 Å². The molecule has 0 unspecified atom stereocenters. The second-order valence-corrected chi connectivity index (χ2v) is 5.26. The zero-order valence-electron chi connectivity index (χ0n) is 10.1. The molecule has 94 valence electrons. The van der Waals surface area contributed by atoms with E-state index in [1.807, 2.05) is 12.1 Å². The molecule has 0 spiro atoms. The van der Waals surface area contributed by atoms with Crippen molar-refractivity contribution in [2.75, 3.05) is 37.6 Å². The van der Waals surface area contributed by atoms with Crippen LogP contribution in [0, 0.1) is 0 Å². The molecule has 2 rings (SSSR count). The smallest absolute Gasteiger partial charge is 0.0467 e. The fraction of sp³-hybridized carbons (Fsp3) is 0.538. The minimum Gasteiger partial charge on any atom is -0.369 e. The van der Waals surface area contributed by atoms with Gasteiger partial charge in [0.05, 0.1) is 0 Å². The molecule has 1 aromatic rings. The molecule has 0 amide bonds. The van der Waals surface area contributed by atoms with E-state index in [2.05, 4.69) is 38.7 Å². The van der Waals surface area contributed by atoms with E-state index in [-0.39, 0.29) is 0 Å². The standard InChI is InChI=1S/C13H18BrClN2/c1-2-16-6-8-17(9-7-16)13-5-3-4-12(15)11(13)10-14/h3-5H,2,6-10H2,1H3. The van der Waals surface area contributed by atoms with E-state index in [0.29, 0.717) is 0 Å². The fourth-order valence-corrected chi connectivity index (χ4v) is 3.27. The maximum absolute atomic E-state index is 6.24. The van der Waals surface area contributed by atoms with Crippen molar-refractivity contribution in [1.82, 2.24) is 4.90 Å². The van der Waals surface area contributed by atoms with Gasteiger partial charge in [-0.25, -0.2) is 0 Å². The second kappa shape index (κ2) is 6.07. The highest BCUT2D eigenvalue weighted by Gasteiger charge is 2.18. The number of alkyl halides is 1. The Morgan fingerprint density at radius 1 is 1.24 bits per heavy atom. The van der Waals surface area contributed by atoms with E-state index < -0.39 is 0 Å². The molecule has 0 bridgehead atoms. The van der Waals surface area contributed by atoms with Crippen molar-refractivity contribution < 1.29 is 0 Å². The SMILES string of the molecule is CCN1CCN(c2cccc(Cl)c2CBr)CC1. The summed E-state index contributed by atoms with van der Waals surface area (Å²) in [5.74, 6) is 0. The van der Waals surface area contributed by atoms with Gasteiger partial charge in [-0.15, -0.1) is 0 Å². The number of hydrogen-bond donors (Lipinski definition) is 0. The lowest BCUT2D eigenvalue weighted by Crippen LogP contribution is -2.46. The quantitative estimate of drug-likeness (QED) is 0.789. The molecule has 2 nitrogen and oxygen atoms in total. The molecule has 1 fully saturated rings. The van der Waals surface area contributed by atoms with Gasteiger partial charge in [-0.3, -0.25) is 0 Å². The third kappa shape index (κ3) is 2.95. The average Bonchev–Trinajstić information content (AvgIpc) is 2.38. The number of rotatable bonds is 3. The summed E-state index contributed by atoms with van der Waals surface area (Å²) in [5.41, 5.74) is 2.49. The number of halogens is 2. The highest BCUT2D eigenvalue weighted by molar-refractivity contribution is 9.08. The van der Waals surface area contributed by atoms with Crippen LogP contribution in [0.3, 0.4) is 0 Å². The molecule has 0 aromatic heterocycles. The minimum absolute atomic E-state index is 0.815. The van der Waals surface area contributed by atoms with Crippen LogP contribution in [0.25, 0.3) is 0 Å². The number of anilines is 1. The van der Waals surface area contributed by atoms with Gasteiger partial charge in [0.25, 0.3) is 0 Å². The Hall–Kier alpha value is -0.250. The largest absolute Gasteiger partial charge is 0.369 e. The molecular weight excluding hydrogens is 300 g/mol. The van der Waals surface area contributed by atoms with Crippen LogP contribution < -0.4 is 4.90 Å². The van der Waals surface area contributed by atoms with Gasteiger partial charge in [0.1, 0.15) is 0 Å². The summed E-state index contributed by atoms with van der Waals surface area (Å²) in [6.45, 7) is 7.84.